The second kappa shape index (κ2) is 5.68. The van der Waals surface area contributed by atoms with Crippen molar-refractivity contribution in [1.82, 2.24) is 4.98 Å². The molecule has 0 fully saturated rings. The Morgan fingerprint density at radius 2 is 2.17 bits per heavy atom. The highest BCUT2D eigenvalue weighted by molar-refractivity contribution is 7.22. The van der Waals surface area contributed by atoms with Crippen LogP contribution in [0.2, 0.25) is 5.02 Å². The van der Waals surface area contributed by atoms with E-state index in [-0.39, 0.29) is 10.6 Å². The Morgan fingerprint density at radius 3 is 3.00 bits per heavy atom. The highest BCUT2D eigenvalue weighted by atomic mass is 35.5. The zero-order valence-electron chi connectivity index (χ0n) is 12.0. The first-order chi connectivity index (χ1) is 11.5. The van der Waals surface area contributed by atoms with Crippen LogP contribution in [0.4, 0.5) is 13.9 Å². The Bertz CT molecular complexity index is 976. The standard InChI is InChI=1S/C16H9ClF2N2O2S/c17-8-1-2-11-7(3-8)4-12(23-11)15(22)21-16-20-14-10(19)5-9(18)6-13(14)24-16/h1-3,5-6,12H,4H2,(H,20,21,22). The maximum Gasteiger partial charge on any atom is 0.267 e. The Morgan fingerprint density at radius 1 is 1.33 bits per heavy atom. The minimum atomic E-state index is -0.763. The zero-order valence-corrected chi connectivity index (χ0v) is 13.5. The number of hydrogen-bond acceptors (Lipinski definition) is 4. The fourth-order valence-electron chi connectivity index (χ4n) is 2.56. The fraction of sp³-hybridized carbons (Fsp3) is 0.125. The van der Waals surface area contributed by atoms with Gasteiger partial charge in [-0.3, -0.25) is 10.1 Å². The monoisotopic (exact) mass is 366 g/mol. The number of benzene rings is 2. The van der Waals surface area contributed by atoms with E-state index in [0.29, 0.717) is 21.9 Å². The SMILES string of the molecule is O=C(Nc1nc2c(F)cc(F)cc2s1)C1Cc2cc(Cl)ccc2O1. The summed E-state index contributed by atoms with van der Waals surface area (Å²) in [5.41, 5.74) is 0.874. The van der Waals surface area contributed by atoms with E-state index >= 15 is 0 Å². The van der Waals surface area contributed by atoms with E-state index in [4.69, 9.17) is 16.3 Å². The van der Waals surface area contributed by atoms with Gasteiger partial charge in [-0.2, -0.15) is 0 Å². The van der Waals surface area contributed by atoms with Crippen LogP contribution in [0.5, 0.6) is 5.75 Å². The van der Waals surface area contributed by atoms with E-state index in [1.54, 1.807) is 18.2 Å². The third-order valence-electron chi connectivity index (χ3n) is 3.63. The topological polar surface area (TPSA) is 51.2 Å². The summed E-state index contributed by atoms with van der Waals surface area (Å²) in [6.45, 7) is 0. The summed E-state index contributed by atoms with van der Waals surface area (Å²) in [7, 11) is 0. The van der Waals surface area contributed by atoms with Crippen molar-refractivity contribution in [3.05, 3.63) is 52.6 Å². The van der Waals surface area contributed by atoms with Gasteiger partial charge >= 0.3 is 0 Å². The number of hydrogen-bond donors (Lipinski definition) is 1. The third-order valence-corrected chi connectivity index (χ3v) is 4.79. The number of rotatable bonds is 2. The Labute approximate surface area is 144 Å². The zero-order chi connectivity index (χ0) is 16.8. The van der Waals surface area contributed by atoms with Crippen LogP contribution >= 0.6 is 22.9 Å². The molecule has 2 heterocycles. The van der Waals surface area contributed by atoms with Crippen LogP contribution in [-0.4, -0.2) is 17.0 Å². The first kappa shape index (κ1) is 15.3. The number of halogens is 3. The number of carbonyl (C=O) groups excluding carboxylic acids is 1. The molecular weight excluding hydrogens is 358 g/mol. The van der Waals surface area contributed by atoms with Crippen molar-refractivity contribution in [3.8, 4) is 5.75 Å². The largest absolute Gasteiger partial charge is 0.480 e. The van der Waals surface area contributed by atoms with Gasteiger partial charge in [0.2, 0.25) is 0 Å². The number of fused-ring (bicyclic) bond motifs is 2. The average Bonchev–Trinajstić information content (AvgIpc) is 3.10. The molecule has 0 radical (unpaired) electrons. The molecule has 122 valence electrons. The molecule has 0 saturated heterocycles. The molecule has 0 bridgehead atoms. The lowest BCUT2D eigenvalue weighted by Gasteiger charge is -2.09. The van der Waals surface area contributed by atoms with Gasteiger partial charge in [0.05, 0.1) is 4.70 Å². The van der Waals surface area contributed by atoms with Crippen molar-refractivity contribution in [1.29, 1.82) is 0 Å². The van der Waals surface area contributed by atoms with Gasteiger partial charge < -0.3 is 4.74 Å². The van der Waals surface area contributed by atoms with Gasteiger partial charge in [0.25, 0.3) is 5.91 Å². The predicted molar refractivity (Wildman–Crippen MR) is 87.7 cm³/mol. The van der Waals surface area contributed by atoms with Gasteiger partial charge in [-0.05, 0) is 29.8 Å². The maximum absolute atomic E-state index is 13.7. The normalized spacial score (nSPS) is 16.0. The summed E-state index contributed by atoms with van der Waals surface area (Å²) in [5, 5.41) is 3.35. The van der Waals surface area contributed by atoms with Crippen molar-refractivity contribution in [2.24, 2.45) is 0 Å². The van der Waals surface area contributed by atoms with Gasteiger partial charge in [-0.25, -0.2) is 13.8 Å². The molecule has 0 saturated carbocycles. The molecule has 1 unspecified atom stereocenters. The van der Waals surface area contributed by atoms with Gasteiger partial charge in [-0.15, -0.1) is 0 Å². The van der Waals surface area contributed by atoms with Gasteiger partial charge in [0, 0.05) is 17.5 Å². The average molecular weight is 367 g/mol. The highest BCUT2D eigenvalue weighted by Gasteiger charge is 2.30. The molecule has 8 heteroatoms. The van der Waals surface area contributed by atoms with Crippen molar-refractivity contribution in [2.75, 3.05) is 5.32 Å². The molecule has 4 nitrogen and oxygen atoms in total. The van der Waals surface area contributed by atoms with Crippen LogP contribution in [0, 0.1) is 11.6 Å². The molecule has 2 aromatic carbocycles. The Kier molecular flexibility index (Phi) is 3.62. The maximum atomic E-state index is 13.7. The second-order valence-corrected chi connectivity index (χ2v) is 6.77. The van der Waals surface area contributed by atoms with E-state index < -0.39 is 23.6 Å². The molecule has 0 spiro atoms. The lowest BCUT2D eigenvalue weighted by Crippen LogP contribution is -2.31. The molecule has 4 rings (SSSR count). The molecule has 1 aliphatic heterocycles. The fourth-order valence-corrected chi connectivity index (χ4v) is 3.66. The van der Waals surface area contributed by atoms with Gasteiger partial charge in [0.1, 0.15) is 17.1 Å². The summed E-state index contributed by atoms with van der Waals surface area (Å²) >= 11 is 6.92. The lowest BCUT2D eigenvalue weighted by atomic mass is 10.1. The number of aromatic nitrogens is 1. The first-order valence-electron chi connectivity index (χ1n) is 7.01. The molecular formula is C16H9ClF2N2O2S. The summed E-state index contributed by atoms with van der Waals surface area (Å²) in [4.78, 5) is 16.3. The Hall–Kier alpha value is -2.25. The molecule has 1 N–H and O–H groups in total. The van der Waals surface area contributed by atoms with E-state index in [0.717, 1.165) is 23.0 Å². The van der Waals surface area contributed by atoms with Crippen LogP contribution in [0.1, 0.15) is 5.56 Å². The van der Waals surface area contributed by atoms with Crippen molar-refractivity contribution < 1.29 is 18.3 Å². The number of amides is 1. The quantitative estimate of drug-likeness (QED) is 0.740. The first-order valence-corrected chi connectivity index (χ1v) is 8.20. The van der Waals surface area contributed by atoms with Crippen molar-refractivity contribution in [2.45, 2.75) is 12.5 Å². The number of nitrogens with zero attached hydrogens (tertiary/aromatic N) is 1. The molecule has 3 aromatic rings. The second-order valence-electron chi connectivity index (χ2n) is 5.31. The van der Waals surface area contributed by atoms with E-state index in [2.05, 4.69) is 10.3 Å². The van der Waals surface area contributed by atoms with Crippen LogP contribution < -0.4 is 10.1 Å². The van der Waals surface area contributed by atoms with Crippen molar-refractivity contribution >= 4 is 44.2 Å². The van der Waals surface area contributed by atoms with E-state index in [9.17, 15) is 13.6 Å². The summed E-state index contributed by atoms with van der Waals surface area (Å²) in [6, 6.07) is 7.08. The Balaban J connectivity index is 1.54. The van der Waals surface area contributed by atoms with Crippen molar-refractivity contribution in [3.63, 3.8) is 0 Å². The molecule has 1 aromatic heterocycles. The number of carbonyl (C=O) groups is 1. The highest BCUT2D eigenvalue weighted by Crippen LogP contribution is 2.33. The van der Waals surface area contributed by atoms with E-state index in [1.807, 2.05) is 0 Å². The van der Waals surface area contributed by atoms with Gasteiger partial charge in [0.15, 0.2) is 17.1 Å². The number of thiazole rings is 1. The predicted octanol–water partition coefficient (Wildman–Crippen LogP) is 4.17. The molecule has 0 aliphatic carbocycles. The van der Waals surface area contributed by atoms with E-state index in [1.165, 1.54) is 6.07 Å². The van der Waals surface area contributed by atoms with Gasteiger partial charge in [-0.1, -0.05) is 22.9 Å². The number of ether oxygens (including phenoxy) is 1. The molecule has 24 heavy (non-hydrogen) atoms. The summed E-state index contributed by atoms with van der Waals surface area (Å²) in [5.74, 6) is -1.24. The smallest absolute Gasteiger partial charge is 0.267 e. The lowest BCUT2D eigenvalue weighted by molar-refractivity contribution is -0.122. The third kappa shape index (κ3) is 2.70. The molecule has 1 amide bonds. The number of anilines is 1. The summed E-state index contributed by atoms with van der Waals surface area (Å²) in [6.07, 6.45) is -0.331. The van der Waals surface area contributed by atoms with Crippen LogP contribution in [0.25, 0.3) is 10.2 Å². The minimum absolute atomic E-state index is 0.0270. The minimum Gasteiger partial charge on any atom is -0.480 e. The van der Waals surface area contributed by atoms with Crippen LogP contribution in [0.15, 0.2) is 30.3 Å². The van der Waals surface area contributed by atoms with Crippen LogP contribution in [0.3, 0.4) is 0 Å². The number of nitrogens with one attached hydrogen (secondary N) is 1. The van der Waals surface area contributed by atoms with Crippen LogP contribution in [-0.2, 0) is 11.2 Å². The molecule has 1 atom stereocenters. The summed E-state index contributed by atoms with van der Waals surface area (Å²) < 4.78 is 32.8. The molecule has 1 aliphatic rings.